The third kappa shape index (κ3) is 5.13. The molecule has 0 aliphatic rings. The Balaban J connectivity index is 2.00. The van der Waals surface area contributed by atoms with Crippen LogP contribution >= 0.6 is 0 Å². The molecule has 2 aromatic rings. The Morgan fingerprint density at radius 2 is 1.74 bits per heavy atom. The van der Waals surface area contributed by atoms with Crippen LogP contribution in [0.1, 0.15) is 22.8 Å². The first-order valence-corrected chi connectivity index (χ1v) is 7.68. The van der Waals surface area contributed by atoms with Crippen LogP contribution in [0, 0.1) is 0 Å². The smallest absolute Gasteiger partial charge is 0.416 e. The zero-order chi connectivity index (χ0) is 20.2. The average Bonchev–Trinajstić information content (AvgIpc) is 2.60. The number of carbonyl (C=O) groups excluding carboxylic acids is 2. The molecule has 0 heterocycles. The molecule has 6 nitrogen and oxygen atoms in total. The van der Waals surface area contributed by atoms with Gasteiger partial charge in [-0.3, -0.25) is 4.79 Å². The van der Waals surface area contributed by atoms with Crippen LogP contribution < -0.4 is 10.1 Å². The summed E-state index contributed by atoms with van der Waals surface area (Å²) < 4.78 is 47.4. The summed E-state index contributed by atoms with van der Waals surface area (Å²) in [4.78, 5) is 24.1. The molecular formula is C18H16F3NO5. The summed E-state index contributed by atoms with van der Waals surface area (Å²) in [5.41, 5.74) is -0.900. The third-order valence-electron chi connectivity index (χ3n) is 3.56. The average molecular weight is 383 g/mol. The van der Waals surface area contributed by atoms with Gasteiger partial charge in [-0.1, -0.05) is 0 Å². The van der Waals surface area contributed by atoms with Gasteiger partial charge in [0.05, 0.1) is 12.7 Å². The van der Waals surface area contributed by atoms with Gasteiger partial charge >= 0.3 is 12.1 Å². The van der Waals surface area contributed by atoms with Crippen molar-refractivity contribution in [3.05, 3.63) is 53.6 Å². The second-order valence-corrected chi connectivity index (χ2v) is 5.49. The molecule has 1 atom stereocenters. The number of hydrogen-bond acceptors (Lipinski definition) is 5. The van der Waals surface area contributed by atoms with E-state index in [1.165, 1.54) is 32.2 Å². The van der Waals surface area contributed by atoms with Gasteiger partial charge in [0.25, 0.3) is 5.91 Å². The molecule has 0 aliphatic carbocycles. The standard InChI is InChI=1S/C18H16F3NO5/c1-10(27-17(25)14-8-7-13(26-2)9-15(14)23)16(24)22-12-5-3-11(4-6-12)18(19,20)21/h3-10,23H,1-2H3,(H,22,24)/t10-/m1/s1. The monoisotopic (exact) mass is 383 g/mol. The number of halogens is 3. The molecule has 2 aromatic carbocycles. The van der Waals surface area contributed by atoms with Crippen LogP contribution in [0.3, 0.4) is 0 Å². The molecule has 0 bridgehead atoms. The largest absolute Gasteiger partial charge is 0.507 e. The molecule has 2 rings (SSSR count). The molecule has 144 valence electrons. The van der Waals surface area contributed by atoms with Crippen LogP contribution in [0.2, 0.25) is 0 Å². The number of rotatable bonds is 5. The van der Waals surface area contributed by atoms with E-state index in [2.05, 4.69) is 5.32 Å². The zero-order valence-electron chi connectivity index (χ0n) is 14.3. The van der Waals surface area contributed by atoms with E-state index in [4.69, 9.17) is 9.47 Å². The van der Waals surface area contributed by atoms with Gasteiger partial charge in [0, 0.05) is 11.8 Å². The van der Waals surface area contributed by atoms with Crippen molar-refractivity contribution < 1.29 is 37.3 Å². The summed E-state index contributed by atoms with van der Waals surface area (Å²) in [7, 11) is 1.39. The highest BCUT2D eigenvalue weighted by Crippen LogP contribution is 2.30. The van der Waals surface area contributed by atoms with Crippen LogP contribution in [0.4, 0.5) is 18.9 Å². The number of esters is 1. The Bertz CT molecular complexity index is 834. The maximum atomic E-state index is 12.5. The number of methoxy groups -OCH3 is 1. The Labute approximate surface area is 152 Å². The van der Waals surface area contributed by atoms with Crippen molar-refractivity contribution in [2.24, 2.45) is 0 Å². The topological polar surface area (TPSA) is 84.9 Å². The lowest BCUT2D eigenvalue weighted by Crippen LogP contribution is -2.30. The number of hydrogen-bond donors (Lipinski definition) is 2. The van der Waals surface area contributed by atoms with Crippen LogP contribution in [0.15, 0.2) is 42.5 Å². The normalized spacial score (nSPS) is 12.2. The van der Waals surface area contributed by atoms with E-state index in [1.807, 2.05) is 0 Å². The third-order valence-corrected chi connectivity index (χ3v) is 3.56. The summed E-state index contributed by atoms with van der Waals surface area (Å²) in [6, 6.07) is 7.74. The minimum absolute atomic E-state index is 0.114. The van der Waals surface area contributed by atoms with Gasteiger partial charge in [0.15, 0.2) is 6.10 Å². The number of phenolic OH excluding ortho intramolecular Hbond substituents is 1. The van der Waals surface area contributed by atoms with Gasteiger partial charge in [0.2, 0.25) is 0 Å². The minimum atomic E-state index is -4.48. The summed E-state index contributed by atoms with van der Waals surface area (Å²) in [6.45, 7) is 1.29. The van der Waals surface area contributed by atoms with Crippen molar-refractivity contribution in [3.8, 4) is 11.5 Å². The predicted molar refractivity (Wildman–Crippen MR) is 89.6 cm³/mol. The fraction of sp³-hybridized carbons (Fsp3) is 0.222. The number of benzene rings is 2. The molecule has 0 aliphatic heterocycles. The van der Waals surface area contributed by atoms with Gasteiger partial charge in [0.1, 0.15) is 17.1 Å². The second kappa shape index (κ2) is 7.98. The van der Waals surface area contributed by atoms with E-state index in [0.29, 0.717) is 5.75 Å². The Morgan fingerprint density at radius 1 is 1.11 bits per heavy atom. The van der Waals surface area contributed by atoms with Gasteiger partial charge in [-0.25, -0.2) is 4.79 Å². The van der Waals surface area contributed by atoms with Crippen LogP contribution in [0.5, 0.6) is 11.5 Å². The van der Waals surface area contributed by atoms with Gasteiger partial charge in [-0.2, -0.15) is 13.2 Å². The quantitative estimate of drug-likeness (QED) is 0.771. The van der Waals surface area contributed by atoms with Crippen molar-refractivity contribution in [1.29, 1.82) is 0 Å². The molecule has 1 amide bonds. The highest BCUT2D eigenvalue weighted by Gasteiger charge is 2.30. The number of aromatic hydroxyl groups is 1. The Hall–Kier alpha value is -3.23. The number of amides is 1. The SMILES string of the molecule is COc1ccc(C(=O)O[C@H](C)C(=O)Nc2ccc(C(F)(F)F)cc2)c(O)c1. The maximum absolute atomic E-state index is 12.5. The number of ether oxygens (including phenoxy) is 2. The van der Waals surface area contributed by atoms with Crippen molar-refractivity contribution in [3.63, 3.8) is 0 Å². The highest BCUT2D eigenvalue weighted by molar-refractivity contribution is 5.98. The lowest BCUT2D eigenvalue weighted by Gasteiger charge is -2.15. The van der Waals surface area contributed by atoms with Crippen molar-refractivity contribution in [2.75, 3.05) is 12.4 Å². The Morgan fingerprint density at radius 3 is 2.26 bits per heavy atom. The van der Waals surface area contributed by atoms with Crippen molar-refractivity contribution >= 4 is 17.6 Å². The summed E-state index contributed by atoms with van der Waals surface area (Å²) in [5, 5.41) is 12.1. The van der Waals surface area contributed by atoms with E-state index in [9.17, 15) is 27.9 Å². The molecule has 0 radical (unpaired) electrons. The van der Waals surface area contributed by atoms with Crippen LogP contribution in [-0.4, -0.2) is 30.2 Å². The highest BCUT2D eigenvalue weighted by atomic mass is 19.4. The first kappa shape index (κ1) is 20.1. The molecule has 0 saturated heterocycles. The fourth-order valence-corrected chi connectivity index (χ4v) is 2.08. The molecule has 0 fully saturated rings. The van der Waals surface area contributed by atoms with Gasteiger partial charge < -0.3 is 19.9 Å². The van der Waals surface area contributed by atoms with Crippen LogP contribution in [0.25, 0.3) is 0 Å². The number of nitrogens with one attached hydrogen (secondary N) is 1. The number of alkyl halides is 3. The van der Waals surface area contributed by atoms with E-state index in [-0.39, 0.29) is 17.0 Å². The van der Waals surface area contributed by atoms with E-state index < -0.39 is 29.7 Å². The van der Waals surface area contributed by atoms with Gasteiger partial charge in [-0.05, 0) is 43.3 Å². The van der Waals surface area contributed by atoms with Crippen molar-refractivity contribution in [2.45, 2.75) is 19.2 Å². The second-order valence-electron chi connectivity index (χ2n) is 5.49. The first-order valence-electron chi connectivity index (χ1n) is 7.68. The Kier molecular flexibility index (Phi) is 5.94. The molecular weight excluding hydrogens is 367 g/mol. The van der Waals surface area contributed by atoms with Gasteiger partial charge in [-0.15, -0.1) is 0 Å². The first-order chi connectivity index (χ1) is 12.6. The molecule has 9 heteroatoms. The lowest BCUT2D eigenvalue weighted by atomic mass is 10.2. The molecule has 0 spiro atoms. The molecule has 2 N–H and O–H groups in total. The van der Waals surface area contributed by atoms with Crippen LogP contribution in [-0.2, 0) is 15.7 Å². The molecule has 0 aromatic heterocycles. The van der Waals surface area contributed by atoms with E-state index in [0.717, 1.165) is 24.3 Å². The minimum Gasteiger partial charge on any atom is -0.507 e. The van der Waals surface area contributed by atoms with Crippen molar-refractivity contribution in [1.82, 2.24) is 0 Å². The number of anilines is 1. The van der Waals surface area contributed by atoms with E-state index >= 15 is 0 Å². The number of phenols is 1. The molecule has 0 unspecified atom stereocenters. The maximum Gasteiger partial charge on any atom is 0.416 e. The summed E-state index contributed by atoms with van der Waals surface area (Å²) >= 11 is 0. The number of carbonyl (C=O) groups is 2. The molecule has 0 saturated carbocycles. The lowest BCUT2D eigenvalue weighted by molar-refractivity contribution is -0.137. The molecule has 27 heavy (non-hydrogen) atoms. The predicted octanol–water partition coefficient (Wildman–Crippen LogP) is 3.60. The zero-order valence-corrected chi connectivity index (χ0v) is 14.3. The fourth-order valence-electron chi connectivity index (χ4n) is 2.08. The summed E-state index contributed by atoms with van der Waals surface area (Å²) in [5.74, 6) is -1.73. The summed E-state index contributed by atoms with van der Waals surface area (Å²) in [6.07, 6.45) is -5.73. The van der Waals surface area contributed by atoms with E-state index in [1.54, 1.807) is 0 Å².